The van der Waals surface area contributed by atoms with Gasteiger partial charge in [0, 0.05) is 5.92 Å². The minimum absolute atomic E-state index is 0.150. The van der Waals surface area contributed by atoms with Crippen molar-refractivity contribution in [3.63, 3.8) is 0 Å². The summed E-state index contributed by atoms with van der Waals surface area (Å²) in [6, 6.07) is 8.52. The Labute approximate surface area is 188 Å². The molecule has 0 aromatic heterocycles. The van der Waals surface area contributed by atoms with E-state index in [0.717, 1.165) is 5.57 Å². The summed E-state index contributed by atoms with van der Waals surface area (Å²) in [7, 11) is -1.80. The zero-order chi connectivity index (χ0) is 23.8. The van der Waals surface area contributed by atoms with E-state index in [1.807, 2.05) is 13.0 Å². The van der Waals surface area contributed by atoms with E-state index < -0.39 is 32.4 Å². The highest BCUT2D eigenvalue weighted by molar-refractivity contribution is 6.74. The van der Waals surface area contributed by atoms with Crippen LogP contribution in [0.15, 0.2) is 54.1 Å². The smallest absolute Gasteiger partial charge is 0.338 e. The van der Waals surface area contributed by atoms with E-state index in [2.05, 4.69) is 33.9 Å². The minimum Gasteiger partial charge on any atom is -0.451 e. The molecule has 0 amide bonds. The topological polar surface area (TPSA) is 72.8 Å². The molecule has 5 nitrogen and oxygen atoms in total. The summed E-state index contributed by atoms with van der Waals surface area (Å²) in [6.45, 7) is 16.6. The van der Waals surface area contributed by atoms with Crippen LogP contribution in [0.1, 0.15) is 51.9 Å². The molecule has 0 heterocycles. The largest absolute Gasteiger partial charge is 0.451 e. The highest BCUT2D eigenvalue weighted by Gasteiger charge is 2.36. The normalized spacial score (nSPS) is 16.1. The quantitative estimate of drug-likeness (QED) is 0.299. The van der Waals surface area contributed by atoms with Gasteiger partial charge >= 0.3 is 5.97 Å². The first-order valence-corrected chi connectivity index (χ1v) is 13.6. The maximum atomic E-state index is 12.6. The molecule has 3 atom stereocenters. The number of carbonyl (C=O) groups excluding carboxylic acids is 2. The van der Waals surface area contributed by atoms with E-state index in [0.29, 0.717) is 12.2 Å². The standard InChI is InChI=1S/C25H38O5Si/c1-18(16-17-29-31(7,8)25(4,5)6)14-15-22(26)19(2)23(27)20(3)30-24(28)21-12-10-9-11-13-21/h9-16,19-20,22,26H,17H2,1-8H3/b15-14+,18-16+/t19-,20+,22-/m1/s1. The van der Waals surface area contributed by atoms with Gasteiger partial charge in [-0.25, -0.2) is 4.79 Å². The molecule has 1 aromatic carbocycles. The van der Waals surface area contributed by atoms with Gasteiger partial charge in [-0.05, 0) is 44.1 Å². The Bertz CT molecular complexity index is 790. The Balaban J connectivity index is 2.61. The first-order valence-electron chi connectivity index (χ1n) is 10.7. The molecular weight excluding hydrogens is 408 g/mol. The van der Waals surface area contributed by atoms with Crippen molar-refractivity contribution in [1.29, 1.82) is 0 Å². The van der Waals surface area contributed by atoms with Crippen molar-refractivity contribution < 1.29 is 23.9 Å². The molecule has 6 heteroatoms. The van der Waals surface area contributed by atoms with Crippen LogP contribution in [0.25, 0.3) is 0 Å². The average molecular weight is 447 g/mol. The minimum atomic E-state index is -1.80. The average Bonchev–Trinajstić information content (AvgIpc) is 2.70. The monoisotopic (exact) mass is 446 g/mol. The van der Waals surface area contributed by atoms with Crippen LogP contribution >= 0.6 is 0 Å². The van der Waals surface area contributed by atoms with Crippen molar-refractivity contribution >= 4 is 20.1 Å². The Kier molecular flexibility index (Phi) is 10.1. The molecule has 1 N–H and O–H groups in total. The van der Waals surface area contributed by atoms with Crippen molar-refractivity contribution in [1.82, 2.24) is 0 Å². The molecule has 0 aliphatic carbocycles. The van der Waals surface area contributed by atoms with Gasteiger partial charge in [0.25, 0.3) is 0 Å². The van der Waals surface area contributed by atoms with Crippen LogP contribution in [0.4, 0.5) is 0 Å². The van der Waals surface area contributed by atoms with Crippen LogP contribution < -0.4 is 0 Å². The molecule has 0 aliphatic heterocycles. The molecule has 1 aromatic rings. The summed E-state index contributed by atoms with van der Waals surface area (Å²) < 4.78 is 11.4. The maximum Gasteiger partial charge on any atom is 0.338 e. The van der Waals surface area contributed by atoms with Crippen molar-refractivity contribution in [2.24, 2.45) is 5.92 Å². The number of allylic oxidation sites excluding steroid dienone is 2. The second kappa shape index (κ2) is 11.6. The Hall–Kier alpha value is -2.02. The predicted molar refractivity (Wildman–Crippen MR) is 128 cm³/mol. The van der Waals surface area contributed by atoms with Crippen LogP contribution in [0.2, 0.25) is 18.1 Å². The zero-order valence-corrected chi connectivity index (χ0v) is 21.1. The number of ketones is 1. The summed E-state index contributed by atoms with van der Waals surface area (Å²) >= 11 is 0. The van der Waals surface area contributed by atoms with Crippen molar-refractivity contribution in [2.45, 2.75) is 71.9 Å². The number of ether oxygens (including phenoxy) is 1. The second-order valence-corrected chi connectivity index (χ2v) is 14.3. The number of hydrogen-bond acceptors (Lipinski definition) is 5. The van der Waals surface area contributed by atoms with Crippen molar-refractivity contribution in [3.8, 4) is 0 Å². The molecule has 0 radical (unpaired) electrons. The van der Waals surface area contributed by atoms with E-state index in [1.165, 1.54) is 6.92 Å². The van der Waals surface area contributed by atoms with Gasteiger partial charge < -0.3 is 14.3 Å². The second-order valence-electron chi connectivity index (χ2n) is 9.47. The first-order chi connectivity index (χ1) is 14.3. The molecule has 31 heavy (non-hydrogen) atoms. The third kappa shape index (κ3) is 8.55. The Morgan fingerprint density at radius 1 is 1.13 bits per heavy atom. The molecule has 0 saturated heterocycles. The lowest BCUT2D eigenvalue weighted by molar-refractivity contribution is -0.132. The van der Waals surface area contributed by atoms with Gasteiger partial charge in [-0.15, -0.1) is 0 Å². The molecule has 0 bridgehead atoms. The van der Waals surface area contributed by atoms with Crippen LogP contribution in [-0.4, -0.2) is 44.0 Å². The van der Waals surface area contributed by atoms with E-state index in [-0.39, 0.29) is 10.8 Å². The summed E-state index contributed by atoms with van der Waals surface area (Å²) in [5, 5.41) is 10.5. The SMILES string of the molecule is CC(/C=C/[C@@H](O)[C@@H](C)C(=O)[C@H](C)OC(=O)c1ccccc1)=C\CO[Si](C)(C)C(C)(C)C. The number of aliphatic hydroxyl groups is 1. The van der Waals surface area contributed by atoms with Crippen molar-refractivity contribution in [2.75, 3.05) is 6.61 Å². The number of benzene rings is 1. The number of aliphatic hydroxyl groups excluding tert-OH is 1. The van der Waals surface area contributed by atoms with Gasteiger partial charge in [-0.2, -0.15) is 0 Å². The summed E-state index contributed by atoms with van der Waals surface area (Å²) in [4.78, 5) is 24.7. The van der Waals surface area contributed by atoms with Crippen LogP contribution in [0.3, 0.4) is 0 Å². The fraction of sp³-hybridized carbons (Fsp3) is 0.520. The number of rotatable bonds is 10. The molecule has 0 saturated carbocycles. The molecule has 172 valence electrons. The fourth-order valence-corrected chi connectivity index (χ4v) is 3.42. The Morgan fingerprint density at radius 3 is 2.26 bits per heavy atom. The molecule has 0 unspecified atom stereocenters. The van der Waals surface area contributed by atoms with Gasteiger partial charge in [-0.1, -0.05) is 69.7 Å². The van der Waals surface area contributed by atoms with E-state index >= 15 is 0 Å². The van der Waals surface area contributed by atoms with Gasteiger partial charge in [0.15, 0.2) is 20.2 Å². The van der Waals surface area contributed by atoms with Gasteiger partial charge in [0.1, 0.15) is 0 Å². The number of Topliss-reactive ketones (excluding diaryl/α,β-unsaturated/α-hetero) is 1. The van der Waals surface area contributed by atoms with Crippen LogP contribution in [0.5, 0.6) is 0 Å². The summed E-state index contributed by atoms with van der Waals surface area (Å²) in [5.41, 5.74) is 1.33. The number of hydrogen-bond donors (Lipinski definition) is 1. The number of carbonyl (C=O) groups is 2. The third-order valence-corrected chi connectivity index (χ3v) is 10.4. The predicted octanol–water partition coefficient (Wildman–Crippen LogP) is 5.32. The van der Waals surface area contributed by atoms with Gasteiger partial charge in [0.05, 0.1) is 18.3 Å². The van der Waals surface area contributed by atoms with E-state index in [9.17, 15) is 14.7 Å². The van der Waals surface area contributed by atoms with E-state index in [4.69, 9.17) is 9.16 Å². The van der Waals surface area contributed by atoms with Crippen LogP contribution in [-0.2, 0) is 14.0 Å². The summed E-state index contributed by atoms with van der Waals surface area (Å²) in [5.74, 6) is -1.59. The lowest BCUT2D eigenvalue weighted by Gasteiger charge is -2.35. The highest BCUT2D eigenvalue weighted by Crippen LogP contribution is 2.36. The Morgan fingerprint density at radius 2 is 1.71 bits per heavy atom. The molecule has 0 spiro atoms. The van der Waals surface area contributed by atoms with Crippen molar-refractivity contribution in [3.05, 3.63) is 59.7 Å². The van der Waals surface area contributed by atoms with Gasteiger partial charge in [-0.3, -0.25) is 4.79 Å². The van der Waals surface area contributed by atoms with Crippen LogP contribution in [0, 0.1) is 5.92 Å². The number of esters is 1. The fourth-order valence-electron chi connectivity index (χ4n) is 2.48. The summed E-state index contributed by atoms with van der Waals surface area (Å²) in [6.07, 6.45) is 3.42. The maximum absolute atomic E-state index is 12.6. The first kappa shape index (κ1) is 27.0. The lowest BCUT2D eigenvalue weighted by atomic mass is 9.95. The third-order valence-electron chi connectivity index (χ3n) is 5.87. The lowest BCUT2D eigenvalue weighted by Crippen LogP contribution is -2.40. The molecule has 0 aliphatic rings. The van der Waals surface area contributed by atoms with Gasteiger partial charge in [0.2, 0.25) is 0 Å². The zero-order valence-electron chi connectivity index (χ0n) is 20.1. The molecule has 1 rings (SSSR count). The van der Waals surface area contributed by atoms with E-state index in [1.54, 1.807) is 49.4 Å². The molecule has 0 fully saturated rings. The highest BCUT2D eigenvalue weighted by atomic mass is 28.4. The molecular formula is C25H38O5Si.